The third-order valence-corrected chi connectivity index (χ3v) is 3.87. The number of aliphatic carboxylic acids is 1. The van der Waals surface area contributed by atoms with Crippen LogP contribution in [-0.2, 0) is 11.3 Å². The summed E-state index contributed by atoms with van der Waals surface area (Å²) in [6.45, 7) is 3.67. The number of nitrogens with zero attached hydrogens (tertiary/aromatic N) is 2. The summed E-state index contributed by atoms with van der Waals surface area (Å²) in [5, 5.41) is 10.2. The van der Waals surface area contributed by atoms with E-state index in [4.69, 9.17) is 5.11 Å². The molecule has 1 aliphatic rings. The number of aryl methyl sites for hydroxylation is 1. The number of carboxylic acids is 1. The molecule has 3 rings (SSSR count). The van der Waals surface area contributed by atoms with Gasteiger partial charge in [0.1, 0.15) is 0 Å². The first-order chi connectivity index (χ1) is 10.1. The first-order valence-corrected chi connectivity index (χ1v) is 7.40. The normalized spacial score (nSPS) is 14.8. The van der Waals surface area contributed by atoms with Gasteiger partial charge in [-0.25, -0.2) is 0 Å². The standard InChI is InChI=1S/C17H20N2O2/c1-12-2-6-15-8-14(5-7-16(15)18-12)10-19(11-17(20)21)9-13-3-4-13/h2,5-8,13H,3-4,9-11H2,1H3,(H,20,21). The van der Waals surface area contributed by atoms with Gasteiger partial charge in [-0.3, -0.25) is 14.7 Å². The zero-order valence-electron chi connectivity index (χ0n) is 12.2. The molecule has 0 aliphatic heterocycles. The predicted molar refractivity (Wildman–Crippen MR) is 82.1 cm³/mol. The van der Waals surface area contributed by atoms with Crippen molar-refractivity contribution < 1.29 is 9.90 Å². The molecule has 4 nitrogen and oxygen atoms in total. The van der Waals surface area contributed by atoms with Crippen molar-refractivity contribution in [3.63, 3.8) is 0 Å². The van der Waals surface area contributed by atoms with E-state index in [9.17, 15) is 4.79 Å². The fraction of sp³-hybridized carbons (Fsp3) is 0.412. The zero-order chi connectivity index (χ0) is 14.8. The third kappa shape index (κ3) is 3.79. The van der Waals surface area contributed by atoms with Crippen molar-refractivity contribution in [3.8, 4) is 0 Å². The molecule has 0 unspecified atom stereocenters. The number of rotatable bonds is 6. The lowest BCUT2D eigenvalue weighted by atomic mass is 10.1. The van der Waals surface area contributed by atoms with Crippen molar-refractivity contribution in [2.24, 2.45) is 5.92 Å². The average Bonchev–Trinajstić information content (AvgIpc) is 3.22. The predicted octanol–water partition coefficient (Wildman–Crippen LogP) is 2.84. The van der Waals surface area contributed by atoms with Gasteiger partial charge in [-0.2, -0.15) is 0 Å². The van der Waals surface area contributed by atoms with Gasteiger partial charge in [0.15, 0.2) is 0 Å². The lowest BCUT2D eigenvalue weighted by Gasteiger charge is -2.20. The van der Waals surface area contributed by atoms with Crippen LogP contribution in [0.5, 0.6) is 0 Å². The molecule has 1 aromatic heterocycles. The van der Waals surface area contributed by atoms with Crippen LogP contribution in [0.15, 0.2) is 30.3 Å². The second kappa shape index (κ2) is 5.82. The number of fused-ring (bicyclic) bond motifs is 1. The topological polar surface area (TPSA) is 53.4 Å². The number of hydrogen-bond acceptors (Lipinski definition) is 3. The highest BCUT2D eigenvalue weighted by molar-refractivity contribution is 5.79. The maximum Gasteiger partial charge on any atom is 0.317 e. The van der Waals surface area contributed by atoms with Crippen molar-refractivity contribution in [3.05, 3.63) is 41.6 Å². The molecule has 1 fully saturated rings. The van der Waals surface area contributed by atoms with Crippen molar-refractivity contribution in [1.82, 2.24) is 9.88 Å². The highest BCUT2D eigenvalue weighted by Gasteiger charge is 2.25. The van der Waals surface area contributed by atoms with Gasteiger partial charge < -0.3 is 5.11 Å². The Labute approximate surface area is 124 Å². The second-order valence-corrected chi connectivity index (χ2v) is 5.99. The summed E-state index contributed by atoms with van der Waals surface area (Å²) < 4.78 is 0. The molecule has 1 aromatic carbocycles. The number of carboxylic acid groups (broad SMARTS) is 1. The van der Waals surface area contributed by atoms with Gasteiger partial charge in [-0.05, 0) is 49.4 Å². The Balaban J connectivity index is 1.77. The van der Waals surface area contributed by atoms with E-state index < -0.39 is 5.97 Å². The average molecular weight is 284 g/mol. The molecule has 0 spiro atoms. The molecule has 0 bridgehead atoms. The molecule has 2 aromatic rings. The van der Waals surface area contributed by atoms with E-state index in [-0.39, 0.29) is 6.54 Å². The van der Waals surface area contributed by atoms with Gasteiger partial charge in [0, 0.05) is 24.2 Å². The molecule has 1 N–H and O–H groups in total. The van der Waals surface area contributed by atoms with Crippen LogP contribution >= 0.6 is 0 Å². The van der Waals surface area contributed by atoms with Crippen molar-refractivity contribution in [2.75, 3.05) is 13.1 Å². The van der Waals surface area contributed by atoms with Crippen molar-refractivity contribution in [1.29, 1.82) is 0 Å². The summed E-state index contributed by atoms with van der Waals surface area (Å²) in [5.74, 6) is -0.0668. The van der Waals surface area contributed by atoms with E-state index in [0.29, 0.717) is 12.5 Å². The Hall–Kier alpha value is -1.94. The smallest absolute Gasteiger partial charge is 0.317 e. The molecule has 0 radical (unpaired) electrons. The van der Waals surface area contributed by atoms with E-state index in [2.05, 4.69) is 23.2 Å². The molecule has 1 saturated carbocycles. The number of benzene rings is 1. The molecule has 0 saturated heterocycles. The minimum atomic E-state index is -0.756. The first kappa shape index (κ1) is 14.0. The quantitative estimate of drug-likeness (QED) is 0.886. The summed E-state index contributed by atoms with van der Waals surface area (Å²) in [5.41, 5.74) is 3.15. The van der Waals surface area contributed by atoms with Crippen LogP contribution in [0.25, 0.3) is 10.9 Å². The fourth-order valence-corrected chi connectivity index (χ4v) is 2.68. The van der Waals surface area contributed by atoms with Gasteiger partial charge in [0.25, 0.3) is 0 Å². The Bertz CT molecular complexity index is 665. The third-order valence-electron chi connectivity index (χ3n) is 3.87. The summed E-state index contributed by atoms with van der Waals surface area (Å²) in [4.78, 5) is 17.5. The van der Waals surface area contributed by atoms with Crippen LogP contribution in [0.1, 0.15) is 24.1 Å². The summed E-state index contributed by atoms with van der Waals surface area (Å²) >= 11 is 0. The molecule has 1 aliphatic carbocycles. The molecule has 0 atom stereocenters. The number of hydrogen-bond donors (Lipinski definition) is 1. The molecular formula is C17H20N2O2. The lowest BCUT2D eigenvalue weighted by Crippen LogP contribution is -2.31. The van der Waals surface area contributed by atoms with E-state index in [1.165, 1.54) is 12.8 Å². The van der Waals surface area contributed by atoms with Crippen LogP contribution < -0.4 is 0 Å². The minimum absolute atomic E-state index is 0.112. The van der Waals surface area contributed by atoms with Crippen molar-refractivity contribution >= 4 is 16.9 Å². The maximum atomic E-state index is 11.0. The van der Waals surface area contributed by atoms with Crippen LogP contribution in [0, 0.1) is 12.8 Å². The molecular weight excluding hydrogens is 264 g/mol. The molecule has 0 amide bonds. The zero-order valence-corrected chi connectivity index (χ0v) is 12.2. The fourth-order valence-electron chi connectivity index (χ4n) is 2.68. The highest BCUT2D eigenvalue weighted by atomic mass is 16.4. The first-order valence-electron chi connectivity index (χ1n) is 7.40. The maximum absolute atomic E-state index is 11.0. The molecule has 21 heavy (non-hydrogen) atoms. The molecule has 1 heterocycles. The molecule has 110 valence electrons. The Morgan fingerprint density at radius 3 is 2.86 bits per heavy atom. The summed E-state index contributed by atoms with van der Waals surface area (Å²) in [7, 11) is 0. The summed E-state index contributed by atoms with van der Waals surface area (Å²) in [6.07, 6.45) is 2.47. The number of aromatic nitrogens is 1. The van der Waals surface area contributed by atoms with Gasteiger partial charge in [-0.1, -0.05) is 12.1 Å². The van der Waals surface area contributed by atoms with Gasteiger partial charge in [0.05, 0.1) is 12.1 Å². The van der Waals surface area contributed by atoms with Crippen LogP contribution in [-0.4, -0.2) is 34.0 Å². The minimum Gasteiger partial charge on any atom is -0.480 e. The Morgan fingerprint density at radius 1 is 1.33 bits per heavy atom. The van der Waals surface area contributed by atoms with E-state index >= 15 is 0 Å². The van der Waals surface area contributed by atoms with Gasteiger partial charge in [0.2, 0.25) is 0 Å². The monoisotopic (exact) mass is 284 g/mol. The van der Waals surface area contributed by atoms with Crippen molar-refractivity contribution in [2.45, 2.75) is 26.3 Å². The number of pyridine rings is 1. The summed E-state index contributed by atoms with van der Waals surface area (Å²) in [6, 6.07) is 10.3. The Kier molecular flexibility index (Phi) is 3.88. The Morgan fingerprint density at radius 2 is 2.14 bits per heavy atom. The van der Waals surface area contributed by atoms with Crippen LogP contribution in [0.3, 0.4) is 0 Å². The van der Waals surface area contributed by atoms with Crippen LogP contribution in [0.2, 0.25) is 0 Å². The number of carbonyl (C=O) groups is 1. The van der Waals surface area contributed by atoms with E-state index in [1.54, 1.807) is 0 Å². The highest BCUT2D eigenvalue weighted by Crippen LogP contribution is 2.30. The largest absolute Gasteiger partial charge is 0.480 e. The second-order valence-electron chi connectivity index (χ2n) is 5.99. The van der Waals surface area contributed by atoms with E-state index in [1.807, 2.05) is 24.0 Å². The van der Waals surface area contributed by atoms with E-state index in [0.717, 1.165) is 28.7 Å². The van der Waals surface area contributed by atoms with Gasteiger partial charge >= 0.3 is 5.97 Å². The lowest BCUT2D eigenvalue weighted by molar-refractivity contribution is -0.138. The van der Waals surface area contributed by atoms with Crippen LogP contribution in [0.4, 0.5) is 0 Å². The SMILES string of the molecule is Cc1ccc2cc(CN(CC(=O)O)CC3CC3)ccc2n1. The molecule has 4 heteroatoms. The van der Waals surface area contributed by atoms with Gasteiger partial charge in [-0.15, -0.1) is 0 Å².